The van der Waals surface area contributed by atoms with E-state index in [1.165, 1.54) is 4.57 Å². The van der Waals surface area contributed by atoms with Gasteiger partial charge in [-0.1, -0.05) is 0 Å². The van der Waals surface area contributed by atoms with Crippen LogP contribution in [0.2, 0.25) is 0 Å². The Balaban J connectivity index is 1.47. The molecule has 0 amide bonds. The van der Waals surface area contributed by atoms with E-state index in [-0.39, 0.29) is 24.2 Å². The van der Waals surface area contributed by atoms with Gasteiger partial charge < -0.3 is 24.0 Å². The Hall–Kier alpha value is -2.97. The van der Waals surface area contributed by atoms with Crippen molar-refractivity contribution in [2.24, 2.45) is 13.0 Å². The molecule has 2 aliphatic heterocycles. The fourth-order valence-electron chi connectivity index (χ4n) is 4.44. The molecule has 1 unspecified atom stereocenters. The fourth-order valence-corrected chi connectivity index (χ4v) is 4.44. The molecular formula is C24H28N4O4. The lowest BCUT2D eigenvalue weighted by atomic mass is 10.1. The number of benzene rings is 1. The highest BCUT2D eigenvalue weighted by Gasteiger charge is 2.26. The number of aromatic nitrogens is 3. The van der Waals surface area contributed by atoms with Gasteiger partial charge in [0.05, 0.1) is 23.6 Å². The Bertz CT molecular complexity index is 1160. The van der Waals surface area contributed by atoms with Gasteiger partial charge in [0.1, 0.15) is 23.6 Å². The van der Waals surface area contributed by atoms with Crippen molar-refractivity contribution in [1.82, 2.24) is 14.5 Å². The lowest BCUT2D eigenvalue weighted by Gasteiger charge is -2.20. The maximum atomic E-state index is 12.9. The maximum Gasteiger partial charge on any atom is 0.264 e. The molecule has 8 heteroatoms. The smallest absolute Gasteiger partial charge is 0.264 e. The monoisotopic (exact) mass is 436 g/mol. The summed E-state index contributed by atoms with van der Waals surface area (Å²) in [5.74, 6) is 1.62. The molecule has 0 spiro atoms. The number of aliphatic hydroxyl groups excluding tert-OH is 1. The van der Waals surface area contributed by atoms with Gasteiger partial charge in [0.25, 0.3) is 5.56 Å². The second-order valence-corrected chi connectivity index (χ2v) is 8.64. The molecule has 5 rings (SSSR count). The van der Waals surface area contributed by atoms with Crippen LogP contribution in [0.4, 0.5) is 5.82 Å². The zero-order chi connectivity index (χ0) is 22.1. The van der Waals surface area contributed by atoms with Crippen molar-refractivity contribution in [3.63, 3.8) is 0 Å². The minimum absolute atomic E-state index is 0.116. The number of anilines is 1. The van der Waals surface area contributed by atoms with Gasteiger partial charge >= 0.3 is 0 Å². The topological polar surface area (TPSA) is 89.7 Å². The van der Waals surface area contributed by atoms with E-state index in [4.69, 9.17) is 14.5 Å². The Labute approximate surface area is 186 Å². The number of ether oxygens (including phenoxy) is 2. The summed E-state index contributed by atoms with van der Waals surface area (Å²) >= 11 is 0. The van der Waals surface area contributed by atoms with E-state index in [0.29, 0.717) is 29.9 Å². The summed E-state index contributed by atoms with van der Waals surface area (Å²) in [5, 5.41) is 10.1. The number of hydrogen-bond acceptors (Lipinski definition) is 7. The van der Waals surface area contributed by atoms with Crippen molar-refractivity contribution in [3.8, 4) is 17.0 Å². The second kappa shape index (κ2) is 8.88. The summed E-state index contributed by atoms with van der Waals surface area (Å²) in [6, 6.07) is 9.69. The van der Waals surface area contributed by atoms with E-state index in [1.807, 2.05) is 30.3 Å². The molecule has 1 aromatic carbocycles. The summed E-state index contributed by atoms with van der Waals surface area (Å²) < 4.78 is 13.0. The molecule has 0 bridgehead atoms. The average molecular weight is 437 g/mol. The molecule has 4 heterocycles. The summed E-state index contributed by atoms with van der Waals surface area (Å²) in [5.41, 5.74) is 2.19. The Kier molecular flexibility index (Phi) is 5.80. The van der Waals surface area contributed by atoms with Gasteiger partial charge in [0.2, 0.25) is 0 Å². The number of aryl methyl sites for hydroxylation is 1. The fraction of sp³-hybridized carbons (Fsp3) is 0.458. The molecule has 0 radical (unpaired) electrons. The van der Waals surface area contributed by atoms with Crippen molar-refractivity contribution in [3.05, 3.63) is 47.0 Å². The highest BCUT2D eigenvalue weighted by Crippen LogP contribution is 2.31. The van der Waals surface area contributed by atoms with E-state index in [9.17, 15) is 9.90 Å². The largest absolute Gasteiger partial charge is 0.491 e. The maximum absolute atomic E-state index is 12.9. The molecule has 1 N–H and O–H groups in total. The average Bonchev–Trinajstić information content (AvgIpc) is 3.52. The second-order valence-electron chi connectivity index (χ2n) is 8.64. The first-order valence-electron chi connectivity index (χ1n) is 11.2. The molecule has 2 saturated heterocycles. The molecule has 2 atom stereocenters. The van der Waals surface area contributed by atoms with Gasteiger partial charge in [-0.3, -0.25) is 4.79 Å². The highest BCUT2D eigenvalue weighted by molar-refractivity contribution is 5.91. The third kappa shape index (κ3) is 4.08. The van der Waals surface area contributed by atoms with Crippen LogP contribution in [0.5, 0.6) is 5.75 Å². The predicted molar refractivity (Wildman–Crippen MR) is 122 cm³/mol. The molecular weight excluding hydrogens is 408 g/mol. The number of fused-ring (bicyclic) bond motifs is 1. The first-order valence-corrected chi connectivity index (χ1v) is 11.2. The normalized spacial score (nSPS) is 20.9. The van der Waals surface area contributed by atoms with Gasteiger partial charge in [0.15, 0.2) is 0 Å². The van der Waals surface area contributed by atoms with E-state index < -0.39 is 0 Å². The SMILES string of the molecule is Cn1cnc2cc(-c3ccc(OCC4CCCO4)cc3)nc(N3CC[C@H](CO)C3)c2c1=O. The third-order valence-electron chi connectivity index (χ3n) is 6.34. The Morgan fingerprint density at radius 3 is 2.81 bits per heavy atom. The van der Waals surface area contributed by atoms with Crippen LogP contribution in [0.3, 0.4) is 0 Å². The molecule has 168 valence electrons. The van der Waals surface area contributed by atoms with Crippen molar-refractivity contribution in [2.75, 3.05) is 37.8 Å². The number of rotatable bonds is 6. The summed E-state index contributed by atoms with van der Waals surface area (Å²) in [6.07, 6.45) is 4.73. The van der Waals surface area contributed by atoms with Crippen LogP contribution < -0.4 is 15.2 Å². The quantitative estimate of drug-likeness (QED) is 0.634. The van der Waals surface area contributed by atoms with E-state index in [1.54, 1.807) is 13.4 Å². The van der Waals surface area contributed by atoms with Gasteiger partial charge in [-0.05, 0) is 49.6 Å². The minimum atomic E-state index is -0.116. The van der Waals surface area contributed by atoms with Crippen LogP contribution in [0, 0.1) is 5.92 Å². The van der Waals surface area contributed by atoms with Crippen LogP contribution >= 0.6 is 0 Å². The van der Waals surface area contributed by atoms with Crippen LogP contribution in [0.25, 0.3) is 22.2 Å². The van der Waals surface area contributed by atoms with E-state index in [2.05, 4.69) is 9.88 Å². The zero-order valence-electron chi connectivity index (χ0n) is 18.2. The van der Waals surface area contributed by atoms with Crippen molar-refractivity contribution >= 4 is 16.7 Å². The van der Waals surface area contributed by atoms with Gasteiger partial charge in [0, 0.05) is 44.8 Å². The molecule has 3 aromatic rings. The summed E-state index contributed by atoms with van der Waals surface area (Å²) in [7, 11) is 1.70. The standard InChI is InChI=1S/C24H28N4O4/c1-27-15-25-21-11-20(17-4-6-18(7-5-17)32-14-19-3-2-10-31-19)26-23(22(21)24(27)30)28-9-8-16(12-28)13-29/h4-7,11,15-16,19,29H,2-3,8-10,12-14H2,1H3/t16-,19?/m0/s1. The van der Waals surface area contributed by atoms with Crippen LogP contribution in [-0.4, -0.2) is 58.7 Å². The van der Waals surface area contributed by atoms with Crippen LogP contribution in [-0.2, 0) is 11.8 Å². The molecule has 0 aliphatic carbocycles. The number of nitrogens with zero attached hydrogens (tertiary/aromatic N) is 4. The van der Waals surface area contributed by atoms with Gasteiger partial charge in [-0.25, -0.2) is 9.97 Å². The molecule has 0 saturated carbocycles. The minimum Gasteiger partial charge on any atom is -0.491 e. The highest BCUT2D eigenvalue weighted by atomic mass is 16.5. The molecule has 8 nitrogen and oxygen atoms in total. The first kappa shape index (κ1) is 20.9. The van der Waals surface area contributed by atoms with Gasteiger partial charge in [-0.15, -0.1) is 0 Å². The first-order chi connectivity index (χ1) is 15.6. The molecule has 32 heavy (non-hydrogen) atoms. The molecule has 2 fully saturated rings. The Morgan fingerprint density at radius 1 is 1.25 bits per heavy atom. The summed E-state index contributed by atoms with van der Waals surface area (Å²) in [6.45, 7) is 2.95. The number of aliphatic hydroxyl groups is 1. The van der Waals surface area contributed by atoms with E-state index in [0.717, 1.165) is 49.4 Å². The van der Waals surface area contributed by atoms with Crippen LogP contribution in [0.15, 0.2) is 41.5 Å². The predicted octanol–water partition coefficient (Wildman–Crippen LogP) is 2.37. The number of pyridine rings is 1. The van der Waals surface area contributed by atoms with E-state index >= 15 is 0 Å². The lowest BCUT2D eigenvalue weighted by molar-refractivity contribution is 0.0679. The van der Waals surface area contributed by atoms with Crippen molar-refractivity contribution < 1.29 is 14.6 Å². The van der Waals surface area contributed by atoms with Crippen molar-refractivity contribution in [2.45, 2.75) is 25.4 Å². The lowest BCUT2D eigenvalue weighted by Crippen LogP contribution is -2.26. The molecule has 2 aromatic heterocycles. The third-order valence-corrected chi connectivity index (χ3v) is 6.34. The van der Waals surface area contributed by atoms with Gasteiger partial charge in [-0.2, -0.15) is 0 Å². The summed E-state index contributed by atoms with van der Waals surface area (Å²) in [4.78, 5) is 24.4. The van der Waals surface area contributed by atoms with Crippen LogP contribution in [0.1, 0.15) is 19.3 Å². The Morgan fingerprint density at radius 2 is 2.09 bits per heavy atom. The molecule has 2 aliphatic rings. The number of hydrogen-bond donors (Lipinski definition) is 1. The zero-order valence-corrected chi connectivity index (χ0v) is 18.2. The van der Waals surface area contributed by atoms with Crippen molar-refractivity contribution in [1.29, 1.82) is 0 Å².